The highest BCUT2D eigenvalue weighted by atomic mass is 16.6. The monoisotopic (exact) mass is 259 g/mol. The zero-order valence-electron chi connectivity index (χ0n) is 11.1. The van der Waals surface area contributed by atoms with Crippen molar-refractivity contribution in [2.75, 3.05) is 20.3 Å². The fourth-order valence-electron chi connectivity index (χ4n) is 2.32. The number of hydrogen-bond acceptors (Lipinski definition) is 4. The van der Waals surface area contributed by atoms with E-state index in [4.69, 9.17) is 13.9 Å². The fraction of sp³-hybridized carbons (Fsp3) is 0.333. The second-order valence-corrected chi connectivity index (χ2v) is 4.57. The largest absolute Gasteiger partial charge is 0.486 e. The molecule has 0 fully saturated rings. The number of fused-ring (bicyclic) bond motifs is 1. The van der Waals surface area contributed by atoms with E-state index in [0.717, 1.165) is 28.6 Å². The van der Waals surface area contributed by atoms with Crippen molar-refractivity contribution in [3.05, 3.63) is 47.4 Å². The van der Waals surface area contributed by atoms with E-state index >= 15 is 0 Å². The lowest BCUT2D eigenvalue weighted by molar-refractivity contribution is 0.171. The quantitative estimate of drug-likeness (QED) is 0.920. The number of aryl methyl sites for hydroxylation is 1. The molecule has 1 unspecified atom stereocenters. The molecule has 1 aliphatic rings. The first-order chi connectivity index (χ1) is 9.28. The maximum absolute atomic E-state index is 5.70. The van der Waals surface area contributed by atoms with Crippen molar-refractivity contribution >= 4 is 0 Å². The van der Waals surface area contributed by atoms with Crippen LogP contribution < -0.4 is 14.8 Å². The summed E-state index contributed by atoms with van der Waals surface area (Å²) in [7, 11) is 1.92. The average Bonchev–Trinajstić information content (AvgIpc) is 2.86. The summed E-state index contributed by atoms with van der Waals surface area (Å²) >= 11 is 0. The van der Waals surface area contributed by atoms with E-state index in [1.165, 1.54) is 0 Å². The minimum atomic E-state index is 0.0181. The van der Waals surface area contributed by atoms with Gasteiger partial charge in [-0.15, -0.1) is 0 Å². The molecular formula is C15H17NO3. The number of nitrogens with one attached hydrogen (secondary N) is 1. The molecule has 0 bridgehead atoms. The summed E-state index contributed by atoms with van der Waals surface area (Å²) in [6, 6.07) is 9.97. The van der Waals surface area contributed by atoms with Gasteiger partial charge < -0.3 is 19.2 Å². The lowest BCUT2D eigenvalue weighted by Crippen LogP contribution is -2.19. The number of hydrogen-bond donors (Lipinski definition) is 1. The molecule has 1 N–H and O–H groups in total. The molecule has 1 aromatic heterocycles. The summed E-state index contributed by atoms with van der Waals surface area (Å²) in [5.41, 5.74) is 1.10. The van der Waals surface area contributed by atoms with E-state index in [2.05, 4.69) is 5.32 Å². The van der Waals surface area contributed by atoms with Crippen LogP contribution in [0.5, 0.6) is 11.5 Å². The highest BCUT2D eigenvalue weighted by Crippen LogP contribution is 2.34. The molecule has 1 aliphatic heterocycles. The lowest BCUT2D eigenvalue weighted by atomic mass is 10.0. The van der Waals surface area contributed by atoms with E-state index in [1.807, 2.05) is 44.3 Å². The van der Waals surface area contributed by atoms with Crippen molar-refractivity contribution in [2.24, 2.45) is 0 Å². The SMILES string of the molecule is CNC(c1ccc2c(c1)OCCO2)c1ccc(C)o1. The van der Waals surface area contributed by atoms with Crippen LogP contribution in [0.15, 0.2) is 34.7 Å². The van der Waals surface area contributed by atoms with Gasteiger partial charge in [0.2, 0.25) is 0 Å². The van der Waals surface area contributed by atoms with Crippen LogP contribution in [0.1, 0.15) is 23.1 Å². The molecule has 19 heavy (non-hydrogen) atoms. The summed E-state index contributed by atoms with van der Waals surface area (Å²) in [5.74, 6) is 3.41. The van der Waals surface area contributed by atoms with Crippen LogP contribution in [-0.2, 0) is 0 Å². The Balaban J connectivity index is 1.95. The third-order valence-electron chi connectivity index (χ3n) is 3.23. The van der Waals surface area contributed by atoms with E-state index in [9.17, 15) is 0 Å². The van der Waals surface area contributed by atoms with Crippen LogP contribution in [0.25, 0.3) is 0 Å². The number of furan rings is 1. The molecule has 0 spiro atoms. The number of benzene rings is 1. The predicted molar refractivity (Wildman–Crippen MR) is 71.8 cm³/mol. The van der Waals surface area contributed by atoms with Crippen molar-refractivity contribution in [3.63, 3.8) is 0 Å². The first kappa shape index (κ1) is 12.1. The van der Waals surface area contributed by atoms with Gasteiger partial charge in [-0.1, -0.05) is 6.07 Å². The Kier molecular flexibility index (Phi) is 3.17. The van der Waals surface area contributed by atoms with Crippen LogP contribution in [0.4, 0.5) is 0 Å². The third-order valence-corrected chi connectivity index (χ3v) is 3.23. The average molecular weight is 259 g/mol. The molecule has 0 saturated carbocycles. The Morgan fingerprint density at radius 1 is 1.05 bits per heavy atom. The van der Waals surface area contributed by atoms with E-state index < -0.39 is 0 Å². The minimum absolute atomic E-state index is 0.0181. The normalized spacial score (nSPS) is 15.3. The van der Waals surface area contributed by atoms with Crippen molar-refractivity contribution in [1.82, 2.24) is 5.32 Å². The highest BCUT2D eigenvalue weighted by molar-refractivity contribution is 5.45. The minimum Gasteiger partial charge on any atom is -0.486 e. The summed E-state index contributed by atoms with van der Waals surface area (Å²) in [6.45, 7) is 3.15. The Hall–Kier alpha value is -1.94. The Morgan fingerprint density at radius 2 is 1.84 bits per heavy atom. The van der Waals surface area contributed by atoms with Gasteiger partial charge in [-0.2, -0.15) is 0 Å². The molecule has 4 heteroatoms. The van der Waals surface area contributed by atoms with Crippen LogP contribution in [-0.4, -0.2) is 20.3 Å². The third kappa shape index (κ3) is 2.31. The molecule has 2 aromatic rings. The van der Waals surface area contributed by atoms with Crippen molar-refractivity contribution in [2.45, 2.75) is 13.0 Å². The molecule has 0 aliphatic carbocycles. The smallest absolute Gasteiger partial charge is 0.161 e. The molecule has 4 nitrogen and oxygen atoms in total. The molecule has 0 saturated heterocycles. The molecular weight excluding hydrogens is 242 g/mol. The molecule has 2 heterocycles. The second kappa shape index (κ2) is 4.97. The van der Waals surface area contributed by atoms with Gasteiger partial charge in [0, 0.05) is 0 Å². The lowest BCUT2D eigenvalue weighted by Gasteiger charge is -2.21. The zero-order valence-corrected chi connectivity index (χ0v) is 11.1. The van der Waals surface area contributed by atoms with Crippen LogP contribution >= 0.6 is 0 Å². The van der Waals surface area contributed by atoms with Gasteiger partial charge in [-0.3, -0.25) is 0 Å². The standard InChI is InChI=1S/C15H17NO3/c1-10-3-5-13(19-10)15(16-2)11-4-6-12-14(9-11)18-8-7-17-12/h3-6,9,15-16H,7-8H2,1-2H3. The summed E-state index contributed by atoms with van der Waals surface area (Å²) < 4.78 is 16.8. The summed E-state index contributed by atoms with van der Waals surface area (Å²) in [6.07, 6.45) is 0. The Labute approximate surface area is 112 Å². The topological polar surface area (TPSA) is 43.6 Å². The Bertz CT molecular complexity index is 577. The predicted octanol–water partition coefficient (Wildman–Crippen LogP) is 2.67. The van der Waals surface area contributed by atoms with Gasteiger partial charge in [0.25, 0.3) is 0 Å². The van der Waals surface area contributed by atoms with Gasteiger partial charge in [-0.05, 0) is 43.8 Å². The Morgan fingerprint density at radius 3 is 2.53 bits per heavy atom. The zero-order chi connectivity index (χ0) is 13.2. The number of ether oxygens (including phenoxy) is 2. The van der Waals surface area contributed by atoms with Gasteiger partial charge in [0.05, 0.1) is 6.04 Å². The van der Waals surface area contributed by atoms with E-state index in [0.29, 0.717) is 13.2 Å². The molecule has 1 aromatic carbocycles. The van der Waals surface area contributed by atoms with Gasteiger partial charge in [0.1, 0.15) is 24.7 Å². The van der Waals surface area contributed by atoms with Crippen molar-refractivity contribution in [3.8, 4) is 11.5 Å². The second-order valence-electron chi connectivity index (χ2n) is 4.57. The van der Waals surface area contributed by atoms with Gasteiger partial charge in [0.15, 0.2) is 11.5 Å². The maximum Gasteiger partial charge on any atom is 0.161 e. The number of rotatable bonds is 3. The summed E-state index contributed by atoms with van der Waals surface area (Å²) in [4.78, 5) is 0. The molecule has 0 amide bonds. The van der Waals surface area contributed by atoms with Gasteiger partial charge >= 0.3 is 0 Å². The fourth-order valence-corrected chi connectivity index (χ4v) is 2.32. The van der Waals surface area contributed by atoms with E-state index in [1.54, 1.807) is 0 Å². The highest BCUT2D eigenvalue weighted by Gasteiger charge is 2.19. The van der Waals surface area contributed by atoms with Crippen LogP contribution in [0, 0.1) is 6.92 Å². The van der Waals surface area contributed by atoms with Gasteiger partial charge in [-0.25, -0.2) is 0 Å². The molecule has 3 rings (SSSR count). The first-order valence-corrected chi connectivity index (χ1v) is 6.41. The molecule has 100 valence electrons. The van der Waals surface area contributed by atoms with Crippen molar-refractivity contribution < 1.29 is 13.9 Å². The molecule has 1 atom stereocenters. The maximum atomic E-state index is 5.70. The van der Waals surface area contributed by atoms with Crippen LogP contribution in [0.2, 0.25) is 0 Å². The van der Waals surface area contributed by atoms with Crippen molar-refractivity contribution in [1.29, 1.82) is 0 Å². The van der Waals surface area contributed by atoms with Crippen LogP contribution in [0.3, 0.4) is 0 Å². The summed E-state index contributed by atoms with van der Waals surface area (Å²) in [5, 5.41) is 3.26. The van der Waals surface area contributed by atoms with E-state index in [-0.39, 0.29) is 6.04 Å². The first-order valence-electron chi connectivity index (χ1n) is 6.41. The molecule has 0 radical (unpaired) electrons.